The van der Waals surface area contributed by atoms with Gasteiger partial charge in [0.2, 0.25) is 0 Å². The Labute approximate surface area is 195 Å². The summed E-state index contributed by atoms with van der Waals surface area (Å²) in [4.78, 5) is 33.0. The number of aryl methyl sites for hydroxylation is 1. The van der Waals surface area contributed by atoms with Crippen LogP contribution in [0.2, 0.25) is 0 Å². The lowest BCUT2D eigenvalue weighted by atomic mass is 9.86. The molecule has 3 aliphatic rings. The smallest absolute Gasteiger partial charge is 0.343 e. The van der Waals surface area contributed by atoms with Crippen molar-refractivity contribution < 1.29 is 19.0 Å². The summed E-state index contributed by atoms with van der Waals surface area (Å²) in [5.41, 5.74) is 2.60. The number of nitrogens with zero attached hydrogens (tertiary/aromatic N) is 3. The molecule has 0 bridgehead atoms. The quantitative estimate of drug-likeness (QED) is 0.468. The van der Waals surface area contributed by atoms with Crippen molar-refractivity contribution in [2.45, 2.75) is 64.4 Å². The van der Waals surface area contributed by atoms with Gasteiger partial charge in [0.05, 0.1) is 29.0 Å². The van der Waals surface area contributed by atoms with Crippen molar-refractivity contribution in [2.24, 2.45) is 0 Å². The molecule has 0 spiro atoms. The molecule has 6 rings (SSSR count). The number of carbonyl (C=O) groups is 1. The topological polar surface area (TPSA) is 84.7 Å². The van der Waals surface area contributed by atoms with Crippen molar-refractivity contribution in [3.8, 4) is 11.4 Å². The Morgan fingerprint density at radius 1 is 1.26 bits per heavy atom. The number of aromatic nitrogens is 2. The maximum absolute atomic E-state index is 14.5. The molecular weight excluding hydrogens is 437 g/mol. The first-order valence-electron chi connectivity index (χ1n) is 11.7. The van der Waals surface area contributed by atoms with E-state index in [2.05, 4.69) is 11.9 Å². The highest BCUT2D eigenvalue weighted by atomic mass is 19.1. The van der Waals surface area contributed by atoms with E-state index in [9.17, 15) is 19.1 Å². The van der Waals surface area contributed by atoms with Crippen LogP contribution in [0.3, 0.4) is 0 Å². The SMILES string of the molecule is CC[C@@]1(O)C(=O)OCc2c1cc1n(c2=O)Cc2c-1nc1cc(F)c(C)cc1c2CN(C)C1CC1. The van der Waals surface area contributed by atoms with Crippen molar-refractivity contribution in [3.63, 3.8) is 0 Å². The first-order chi connectivity index (χ1) is 16.2. The number of halogens is 1. The third-order valence-electron chi connectivity index (χ3n) is 7.66. The molecule has 1 saturated carbocycles. The van der Waals surface area contributed by atoms with Crippen LogP contribution in [0, 0.1) is 12.7 Å². The molecule has 0 amide bonds. The number of ether oxygens (including phenoxy) is 1. The molecule has 4 heterocycles. The van der Waals surface area contributed by atoms with E-state index in [1.165, 1.54) is 6.07 Å². The number of aliphatic hydroxyl groups is 1. The zero-order chi connectivity index (χ0) is 23.9. The van der Waals surface area contributed by atoms with Crippen LogP contribution in [0.25, 0.3) is 22.3 Å². The molecule has 1 N–H and O–H groups in total. The third-order valence-corrected chi connectivity index (χ3v) is 7.66. The van der Waals surface area contributed by atoms with Gasteiger partial charge in [-0.1, -0.05) is 6.92 Å². The molecule has 1 atom stereocenters. The van der Waals surface area contributed by atoms with E-state index in [-0.39, 0.29) is 30.0 Å². The molecule has 3 aromatic rings. The molecule has 1 aromatic carbocycles. The van der Waals surface area contributed by atoms with E-state index >= 15 is 0 Å². The second kappa shape index (κ2) is 7.20. The fourth-order valence-corrected chi connectivity index (χ4v) is 5.37. The van der Waals surface area contributed by atoms with Gasteiger partial charge in [0, 0.05) is 35.2 Å². The van der Waals surface area contributed by atoms with Crippen LogP contribution in [0.5, 0.6) is 0 Å². The summed E-state index contributed by atoms with van der Waals surface area (Å²) in [5.74, 6) is -1.08. The van der Waals surface area contributed by atoms with Gasteiger partial charge in [-0.3, -0.25) is 9.69 Å². The average molecular weight is 464 g/mol. The summed E-state index contributed by atoms with van der Waals surface area (Å²) in [6.45, 7) is 4.26. The predicted octanol–water partition coefficient (Wildman–Crippen LogP) is 3.12. The largest absolute Gasteiger partial charge is 0.458 e. The minimum atomic E-state index is -1.87. The van der Waals surface area contributed by atoms with Gasteiger partial charge >= 0.3 is 5.97 Å². The lowest BCUT2D eigenvalue weighted by molar-refractivity contribution is -0.172. The number of fused-ring (bicyclic) bond motifs is 5. The summed E-state index contributed by atoms with van der Waals surface area (Å²) in [5, 5.41) is 12.0. The van der Waals surface area contributed by atoms with Gasteiger partial charge in [0.15, 0.2) is 5.60 Å². The van der Waals surface area contributed by atoms with Crippen molar-refractivity contribution in [3.05, 3.63) is 62.2 Å². The summed E-state index contributed by atoms with van der Waals surface area (Å²) in [7, 11) is 2.09. The highest BCUT2D eigenvalue weighted by Gasteiger charge is 2.45. The molecule has 0 unspecified atom stereocenters. The second-order valence-electron chi connectivity index (χ2n) is 9.79. The number of benzene rings is 1. The lowest BCUT2D eigenvalue weighted by Gasteiger charge is -2.31. The van der Waals surface area contributed by atoms with Gasteiger partial charge in [0.1, 0.15) is 12.4 Å². The normalized spacial score (nSPS) is 20.9. The number of carbonyl (C=O) groups excluding carboxylic acids is 1. The summed E-state index contributed by atoms with van der Waals surface area (Å²) in [6.07, 6.45) is 2.40. The molecule has 2 aliphatic heterocycles. The van der Waals surface area contributed by atoms with Crippen LogP contribution in [0.15, 0.2) is 23.0 Å². The Balaban J connectivity index is 1.62. The number of pyridine rings is 2. The predicted molar refractivity (Wildman–Crippen MR) is 124 cm³/mol. The van der Waals surface area contributed by atoms with Crippen molar-refractivity contribution >= 4 is 16.9 Å². The standard InChI is InChI=1S/C26H26FN3O4/c1-4-26(33)19-8-22-23-17(11-30(22)24(31)18(19)12-34-25(26)32)16(10-29(3)14-5-6-14)15-7-13(2)20(27)9-21(15)28-23/h7-9,14,33H,4-6,10-12H2,1-3H3/t26-/m0/s1. The number of rotatable bonds is 4. The van der Waals surface area contributed by atoms with E-state index in [1.54, 1.807) is 24.5 Å². The molecule has 34 heavy (non-hydrogen) atoms. The number of cyclic esters (lactones) is 1. The number of esters is 1. The fraction of sp³-hybridized carbons (Fsp3) is 0.423. The highest BCUT2D eigenvalue weighted by Crippen LogP contribution is 2.41. The summed E-state index contributed by atoms with van der Waals surface area (Å²) >= 11 is 0. The minimum Gasteiger partial charge on any atom is -0.458 e. The second-order valence-corrected chi connectivity index (χ2v) is 9.79. The maximum atomic E-state index is 14.5. The van der Waals surface area contributed by atoms with Gasteiger partial charge in [-0.2, -0.15) is 0 Å². The van der Waals surface area contributed by atoms with Crippen molar-refractivity contribution in [2.75, 3.05) is 7.05 Å². The molecule has 0 saturated heterocycles. The molecule has 0 radical (unpaired) electrons. The summed E-state index contributed by atoms with van der Waals surface area (Å²) in [6, 6.07) is 5.52. The molecule has 176 valence electrons. The average Bonchev–Trinajstić information content (AvgIpc) is 3.60. The zero-order valence-electron chi connectivity index (χ0n) is 19.4. The van der Waals surface area contributed by atoms with E-state index in [1.807, 2.05) is 6.07 Å². The highest BCUT2D eigenvalue weighted by molar-refractivity contribution is 5.89. The molecule has 1 aliphatic carbocycles. The molecule has 2 aromatic heterocycles. The zero-order valence-corrected chi connectivity index (χ0v) is 19.4. The molecular formula is C26H26FN3O4. The van der Waals surface area contributed by atoms with Crippen LogP contribution < -0.4 is 5.56 Å². The Morgan fingerprint density at radius 2 is 2.03 bits per heavy atom. The Kier molecular flexibility index (Phi) is 4.54. The van der Waals surface area contributed by atoms with Gasteiger partial charge in [0.25, 0.3) is 5.56 Å². The van der Waals surface area contributed by atoms with Crippen LogP contribution in [0.1, 0.15) is 54.0 Å². The fourth-order valence-electron chi connectivity index (χ4n) is 5.37. The minimum absolute atomic E-state index is 0.0850. The van der Waals surface area contributed by atoms with Gasteiger partial charge < -0.3 is 14.4 Å². The monoisotopic (exact) mass is 463 g/mol. The Bertz CT molecular complexity index is 1460. The summed E-state index contributed by atoms with van der Waals surface area (Å²) < 4.78 is 21.3. The number of hydrogen-bond acceptors (Lipinski definition) is 6. The van der Waals surface area contributed by atoms with Crippen molar-refractivity contribution in [1.82, 2.24) is 14.5 Å². The van der Waals surface area contributed by atoms with Gasteiger partial charge in [-0.05, 0) is 56.5 Å². The van der Waals surface area contributed by atoms with Gasteiger partial charge in [-0.25, -0.2) is 14.2 Å². The first-order valence-corrected chi connectivity index (χ1v) is 11.7. The molecule has 1 fully saturated rings. The van der Waals surface area contributed by atoms with Crippen LogP contribution in [0.4, 0.5) is 4.39 Å². The van der Waals surface area contributed by atoms with E-state index in [4.69, 9.17) is 9.72 Å². The Morgan fingerprint density at radius 3 is 2.74 bits per heavy atom. The van der Waals surface area contributed by atoms with Gasteiger partial charge in [-0.15, -0.1) is 0 Å². The lowest BCUT2D eigenvalue weighted by Crippen LogP contribution is -2.44. The molecule has 7 nitrogen and oxygen atoms in total. The van der Waals surface area contributed by atoms with E-state index < -0.39 is 11.6 Å². The maximum Gasteiger partial charge on any atom is 0.343 e. The van der Waals surface area contributed by atoms with E-state index in [0.29, 0.717) is 47.2 Å². The van der Waals surface area contributed by atoms with Crippen LogP contribution >= 0.6 is 0 Å². The van der Waals surface area contributed by atoms with Crippen LogP contribution in [-0.4, -0.2) is 38.6 Å². The van der Waals surface area contributed by atoms with Crippen molar-refractivity contribution in [1.29, 1.82) is 0 Å². The third kappa shape index (κ3) is 2.91. The first kappa shape index (κ1) is 21.4. The molecule has 8 heteroatoms. The van der Waals surface area contributed by atoms with Crippen LogP contribution in [-0.2, 0) is 34.8 Å². The number of hydrogen-bond donors (Lipinski definition) is 1. The van der Waals surface area contributed by atoms with E-state index in [0.717, 1.165) is 29.4 Å². The Hall–Kier alpha value is -3.10.